The molecular formula is C15H22N2O3. The van der Waals surface area contributed by atoms with E-state index in [2.05, 4.69) is 18.7 Å². The fourth-order valence-electron chi connectivity index (χ4n) is 2.09. The van der Waals surface area contributed by atoms with E-state index in [1.807, 2.05) is 0 Å². The molecule has 0 spiro atoms. The summed E-state index contributed by atoms with van der Waals surface area (Å²) in [4.78, 5) is 23.7. The van der Waals surface area contributed by atoms with Gasteiger partial charge in [0.25, 0.3) is 5.69 Å². The summed E-state index contributed by atoms with van der Waals surface area (Å²) in [6, 6.07) is 4.51. The quantitative estimate of drug-likeness (QED) is 0.391. The highest BCUT2D eigenvalue weighted by atomic mass is 16.6. The van der Waals surface area contributed by atoms with Gasteiger partial charge in [-0.05, 0) is 18.9 Å². The molecule has 110 valence electrons. The highest BCUT2D eigenvalue weighted by Gasteiger charge is 2.14. The van der Waals surface area contributed by atoms with Crippen molar-refractivity contribution in [3.63, 3.8) is 0 Å². The fourth-order valence-corrected chi connectivity index (χ4v) is 2.09. The van der Waals surface area contributed by atoms with Crippen molar-refractivity contribution in [2.45, 2.75) is 39.5 Å². The van der Waals surface area contributed by atoms with E-state index in [4.69, 9.17) is 0 Å². The molecule has 0 bridgehead atoms. The van der Waals surface area contributed by atoms with E-state index in [0.717, 1.165) is 44.5 Å². The van der Waals surface area contributed by atoms with Crippen molar-refractivity contribution in [2.75, 3.05) is 18.0 Å². The molecule has 0 aromatic heterocycles. The van der Waals surface area contributed by atoms with E-state index < -0.39 is 4.92 Å². The first-order valence-corrected chi connectivity index (χ1v) is 7.12. The van der Waals surface area contributed by atoms with Crippen molar-refractivity contribution in [3.8, 4) is 0 Å². The Hall–Kier alpha value is -1.91. The van der Waals surface area contributed by atoms with Crippen molar-refractivity contribution >= 4 is 17.7 Å². The van der Waals surface area contributed by atoms with Crippen molar-refractivity contribution < 1.29 is 9.72 Å². The van der Waals surface area contributed by atoms with Gasteiger partial charge in [-0.1, -0.05) is 26.7 Å². The molecule has 1 aromatic rings. The Morgan fingerprint density at radius 1 is 1.20 bits per heavy atom. The van der Waals surface area contributed by atoms with Crippen LogP contribution >= 0.6 is 0 Å². The molecule has 0 amide bonds. The number of carbonyl (C=O) groups is 1. The van der Waals surface area contributed by atoms with Crippen LogP contribution in [0, 0.1) is 10.1 Å². The number of nitro groups is 1. The Kier molecular flexibility index (Phi) is 6.70. The van der Waals surface area contributed by atoms with Gasteiger partial charge in [-0.25, -0.2) is 0 Å². The van der Waals surface area contributed by atoms with Crippen molar-refractivity contribution in [1.82, 2.24) is 0 Å². The highest BCUT2D eigenvalue weighted by Crippen LogP contribution is 2.25. The van der Waals surface area contributed by atoms with Crippen molar-refractivity contribution in [3.05, 3.63) is 33.9 Å². The fraction of sp³-hybridized carbons (Fsp3) is 0.533. The predicted molar refractivity (Wildman–Crippen MR) is 80.5 cm³/mol. The Morgan fingerprint density at radius 3 is 2.25 bits per heavy atom. The molecule has 5 nitrogen and oxygen atoms in total. The highest BCUT2D eigenvalue weighted by molar-refractivity contribution is 5.86. The second-order valence-electron chi connectivity index (χ2n) is 4.81. The maximum Gasteiger partial charge on any atom is 0.270 e. The van der Waals surface area contributed by atoms with Gasteiger partial charge >= 0.3 is 0 Å². The van der Waals surface area contributed by atoms with Crippen LogP contribution in [0.3, 0.4) is 0 Å². The lowest BCUT2D eigenvalue weighted by atomic mass is 10.1. The topological polar surface area (TPSA) is 63.4 Å². The molecule has 0 aliphatic rings. The van der Waals surface area contributed by atoms with E-state index in [9.17, 15) is 14.9 Å². The SMILES string of the molecule is CCCCN(CCCC)c1ccc([N+](=O)[O-])cc1C=O. The molecule has 0 aliphatic heterocycles. The standard InChI is InChI=1S/C15H22N2O3/c1-3-5-9-16(10-6-4-2)15-8-7-14(17(19)20)11-13(15)12-18/h7-8,11-12H,3-6,9-10H2,1-2H3. The molecule has 0 heterocycles. The lowest BCUT2D eigenvalue weighted by Gasteiger charge is -2.25. The average Bonchev–Trinajstić information content (AvgIpc) is 2.47. The zero-order valence-corrected chi connectivity index (χ0v) is 12.2. The molecule has 1 aromatic carbocycles. The number of unbranched alkanes of at least 4 members (excludes halogenated alkanes) is 2. The second-order valence-corrected chi connectivity index (χ2v) is 4.81. The maximum atomic E-state index is 11.2. The van der Waals surface area contributed by atoms with Gasteiger partial charge in [-0.2, -0.15) is 0 Å². The molecule has 1 rings (SSSR count). The molecular weight excluding hydrogens is 256 g/mol. The summed E-state index contributed by atoms with van der Waals surface area (Å²) >= 11 is 0. The number of non-ortho nitro benzene ring substituents is 1. The molecule has 0 atom stereocenters. The maximum absolute atomic E-state index is 11.2. The third-order valence-electron chi connectivity index (χ3n) is 3.25. The van der Waals surface area contributed by atoms with Crippen LogP contribution in [-0.4, -0.2) is 24.3 Å². The van der Waals surface area contributed by atoms with Crippen LogP contribution in [0.15, 0.2) is 18.2 Å². The van der Waals surface area contributed by atoms with Crippen LogP contribution in [0.1, 0.15) is 49.9 Å². The minimum Gasteiger partial charge on any atom is -0.371 e. The summed E-state index contributed by atoms with van der Waals surface area (Å²) in [5, 5.41) is 10.8. The van der Waals surface area contributed by atoms with E-state index in [1.54, 1.807) is 6.07 Å². The number of carbonyl (C=O) groups excluding carboxylic acids is 1. The molecule has 0 fully saturated rings. The number of nitrogens with zero attached hydrogens (tertiary/aromatic N) is 2. The van der Waals surface area contributed by atoms with Crippen molar-refractivity contribution in [1.29, 1.82) is 0 Å². The van der Waals surface area contributed by atoms with Crippen molar-refractivity contribution in [2.24, 2.45) is 0 Å². The summed E-state index contributed by atoms with van der Waals surface area (Å²) in [6.45, 7) is 5.98. The summed E-state index contributed by atoms with van der Waals surface area (Å²) in [7, 11) is 0. The Morgan fingerprint density at radius 2 is 1.80 bits per heavy atom. The second kappa shape index (κ2) is 8.30. The number of benzene rings is 1. The summed E-state index contributed by atoms with van der Waals surface area (Å²) in [5.41, 5.74) is 1.15. The molecule has 0 N–H and O–H groups in total. The van der Waals surface area contributed by atoms with Gasteiger partial charge in [-0.15, -0.1) is 0 Å². The molecule has 0 unspecified atom stereocenters. The smallest absolute Gasteiger partial charge is 0.270 e. The normalized spacial score (nSPS) is 10.3. The number of nitro benzene ring substituents is 1. The average molecular weight is 278 g/mol. The van der Waals surface area contributed by atoms with Gasteiger partial charge in [0, 0.05) is 36.5 Å². The van der Waals surface area contributed by atoms with Crippen LogP contribution in [0.25, 0.3) is 0 Å². The Labute approximate surface area is 119 Å². The minimum atomic E-state index is -0.473. The first-order valence-electron chi connectivity index (χ1n) is 7.12. The van der Waals surface area contributed by atoms with E-state index in [1.165, 1.54) is 12.1 Å². The van der Waals surface area contributed by atoms with E-state index in [0.29, 0.717) is 11.8 Å². The van der Waals surface area contributed by atoms with E-state index >= 15 is 0 Å². The molecule has 0 radical (unpaired) electrons. The largest absolute Gasteiger partial charge is 0.371 e. The first kappa shape index (κ1) is 16.1. The number of hydrogen-bond acceptors (Lipinski definition) is 4. The number of hydrogen-bond donors (Lipinski definition) is 0. The van der Waals surface area contributed by atoms with Gasteiger partial charge in [0.15, 0.2) is 6.29 Å². The molecule has 0 saturated carbocycles. The van der Waals surface area contributed by atoms with Gasteiger partial charge in [0.05, 0.1) is 4.92 Å². The number of rotatable bonds is 9. The summed E-state index contributed by atoms with van der Waals surface area (Å²) in [6.07, 6.45) is 4.93. The molecule has 20 heavy (non-hydrogen) atoms. The van der Waals surface area contributed by atoms with Gasteiger partial charge in [0.1, 0.15) is 0 Å². The lowest BCUT2D eigenvalue weighted by molar-refractivity contribution is -0.384. The van der Waals surface area contributed by atoms with Gasteiger partial charge < -0.3 is 4.90 Å². The summed E-state index contributed by atoms with van der Waals surface area (Å²) < 4.78 is 0. The van der Waals surface area contributed by atoms with Crippen LogP contribution in [0.5, 0.6) is 0 Å². The number of aldehydes is 1. The van der Waals surface area contributed by atoms with Crippen LogP contribution in [0.4, 0.5) is 11.4 Å². The van der Waals surface area contributed by atoms with Crippen LogP contribution in [0.2, 0.25) is 0 Å². The number of anilines is 1. The van der Waals surface area contributed by atoms with Crippen LogP contribution in [-0.2, 0) is 0 Å². The molecule has 0 aliphatic carbocycles. The predicted octanol–water partition coefficient (Wildman–Crippen LogP) is 3.81. The third kappa shape index (κ3) is 4.33. The molecule has 0 saturated heterocycles. The third-order valence-corrected chi connectivity index (χ3v) is 3.25. The zero-order valence-electron chi connectivity index (χ0n) is 12.2. The Bertz CT molecular complexity index is 452. The first-order chi connectivity index (χ1) is 9.63. The van der Waals surface area contributed by atoms with Gasteiger partial charge in [-0.3, -0.25) is 14.9 Å². The lowest BCUT2D eigenvalue weighted by Crippen LogP contribution is -2.26. The Balaban J connectivity index is 3.04. The zero-order chi connectivity index (χ0) is 15.0. The summed E-state index contributed by atoms with van der Waals surface area (Å²) in [5.74, 6) is 0. The molecule has 5 heteroatoms. The van der Waals surface area contributed by atoms with E-state index in [-0.39, 0.29) is 5.69 Å². The van der Waals surface area contributed by atoms with Crippen LogP contribution < -0.4 is 4.90 Å². The minimum absolute atomic E-state index is 0.0400. The van der Waals surface area contributed by atoms with Gasteiger partial charge in [0.2, 0.25) is 0 Å². The monoisotopic (exact) mass is 278 g/mol.